The number of ether oxygens (including phenoxy) is 1. The van der Waals surface area contributed by atoms with E-state index in [1.807, 2.05) is 0 Å². The van der Waals surface area contributed by atoms with Crippen LogP contribution < -0.4 is 0 Å². The van der Waals surface area contributed by atoms with Gasteiger partial charge in [-0.25, -0.2) is 4.79 Å². The first-order chi connectivity index (χ1) is 8.11. The topological polar surface area (TPSA) is 79.4 Å². The van der Waals surface area contributed by atoms with Gasteiger partial charge in [-0.15, -0.1) is 0 Å². The van der Waals surface area contributed by atoms with Gasteiger partial charge in [0.15, 0.2) is 0 Å². The predicted molar refractivity (Wildman–Crippen MR) is 61.0 cm³/mol. The summed E-state index contributed by atoms with van der Waals surface area (Å²) in [5.41, 5.74) is 1.86. The van der Waals surface area contributed by atoms with Crippen molar-refractivity contribution in [3.63, 3.8) is 0 Å². The third kappa shape index (κ3) is 2.13. The number of aromatic nitrogens is 1. The molecule has 88 valence electrons. The van der Waals surface area contributed by atoms with E-state index in [9.17, 15) is 9.59 Å². The molecule has 5 heteroatoms. The van der Waals surface area contributed by atoms with Gasteiger partial charge in [-0.05, 0) is 17.7 Å². The Hall–Kier alpha value is -2.30. The second-order valence-corrected chi connectivity index (χ2v) is 3.64. The minimum Gasteiger partial charge on any atom is -0.481 e. The van der Waals surface area contributed by atoms with Gasteiger partial charge < -0.3 is 14.8 Å². The lowest BCUT2D eigenvalue weighted by molar-refractivity contribution is -0.136. The molecule has 17 heavy (non-hydrogen) atoms. The summed E-state index contributed by atoms with van der Waals surface area (Å²) in [6, 6.07) is 4.98. The predicted octanol–water partition coefficient (Wildman–Crippen LogP) is 1.58. The highest BCUT2D eigenvalue weighted by molar-refractivity contribution is 5.96. The molecule has 0 aliphatic heterocycles. The van der Waals surface area contributed by atoms with Gasteiger partial charge in [0.05, 0.1) is 19.1 Å². The van der Waals surface area contributed by atoms with Crippen LogP contribution in [0.4, 0.5) is 0 Å². The maximum Gasteiger partial charge on any atom is 0.337 e. The van der Waals surface area contributed by atoms with Gasteiger partial charge in [-0.3, -0.25) is 4.79 Å². The van der Waals surface area contributed by atoms with E-state index in [1.165, 1.54) is 7.11 Å². The van der Waals surface area contributed by atoms with Crippen LogP contribution in [0.2, 0.25) is 0 Å². The molecular weight excluding hydrogens is 222 g/mol. The van der Waals surface area contributed by atoms with Crippen molar-refractivity contribution >= 4 is 22.8 Å². The number of rotatable bonds is 3. The number of nitrogens with one attached hydrogen (secondary N) is 1. The van der Waals surface area contributed by atoms with Crippen LogP contribution >= 0.6 is 0 Å². The van der Waals surface area contributed by atoms with E-state index in [-0.39, 0.29) is 6.42 Å². The van der Waals surface area contributed by atoms with E-state index in [4.69, 9.17) is 5.11 Å². The number of benzene rings is 1. The Morgan fingerprint density at radius 3 is 2.82 bits per heavy atom. The van der Waals surface area contributed by atoms with Crippen LogP contribution in [0.3, 0.4) is 0 Å². The summed E-state index contributed by atoms with van der Waals surface area (Å²) in [7, 11) is 1.32. The lowest BCUT2D eigenvalue weighted by atomic mass is 10.1. The van der Waals surface area contributed by atoms with Crippen molar-refractivity contribution in [2.24, 2.45) is 0 Å². The number of carboxylic acid groups (broad SMARTS) is 1. The highest BCUT2D eigenvalue weighted by Gasteiger charge is 2.10. The molecule has 0 unspecified atom stereocenters. The van der Waals surface area contributed by atoms with Gasteiger partial charge in [0.25, 0.3) is 0 Å². The SMILES string of the molecule is COC(=O)c1ccc2c(CC(=O)O)c[nH]c2c1. The number of carbonyl (C=O) groups is 2. The van der Waals surface area contributed by atoms with E-state index in [0.717, 1.165) is 10.9 Å². The lowest BCUT2D eigenvalue weighted by Crippen LogP contribution is -2.01. The van der Waals surface area contributed by atoms with Crippen LogP contribution in [0, 0.1) is 0 Å². The van der Waals surface area contributed by atoms with Crippen LogP contribution in [-0.2, 0) is 16.0 Å². The number of esters is 1. The van der Waals surface area contributed by atoms with Crippen molar-refractivity contribution in [1.29, 1.82) is 0 Å². The van der Waals surface area contributed by atoms with Crippen LogP contribution in [0.25, 0.3) is 10.9 Å². The van der Waals surface area contributed by atoms with Crippen molar-refractivity contribution in [3.8, 4) is 0 Å². The average molecular weight is 233 g/mol. The van der Waals surface area contributed by atoms with Gasteiger partial charge in [0.2, 0.25) is 0 Å². The molecule has 0 saturated heterocycles. The van der Waals surface area contributed by atoms with Gasteiger partial charge in [0.1, 0.15) is 0 Å². The monoisotopic (exact) mass is 233 g/mol. The molecule has 0 bridgehead atoms. The molecule has 1 aromatic heterocycles. The summed E-state index contributed by atoms with van der Waals surface area (Å²) in [6.07, 6.45) is 1.59. The molecule has 1 heterocycles. The molecule has 0 saturated carbocycles. The minimum atomic E-state index is -0.886. The van der Waals surface area contributed by atoms with E-state index in [0.29, 0.717) is 11.1 Å². The van der Waals surface area contributed by atoms with E-state index >= 15 is 0 Å². The summed E-state index contributed by atoms with van der Waals surface area (Å²) in [4.78, 5) is 24.9. The number of aliphatic carboxylic acids is 1. The van der Waals surface area contributed by atoms with Gasteiger partial charge in [-0.1, -0.05) is 6.07 Å². The largest absolute Gasteiger partial charge is 0.481 e. The van der Waals surface area contributed by atoms with Gasteiger partial charge in [0, 0.05) is 17.1 Å². The summed E-state index contributed by atoms with van der Waals surface area (Å²) in [5, 5.41) is 9.54. The van der Waals surface area contributed by atoms with E-state index in [1.54, 1.807) is 24.4 Å². The van der Waals surface area contributed by atoms with Crippen molar-refractivity contribution in [2.75, 3.05) is 7.11 Å². The molecule has 1 aromatic carbocycles. The summed E-state index contributed by atoms with van der Waals surface area (Å²) >= 11 is 0. The number of aromatic amines is 1. The van der Waals surface area contributed by atoms with Crippen LogP contribution in [0.15, 0.2) is 24.4 Å². The first-order valence-electron chi connectivity index (χ1n) is 5.02. The van der Waals surface area contributed by atoms with Crippen LogP contribution in [-0.4, -0.2) is 29.1 Å². The molecule has 0 spiro atoms. The zero-order chi connectivity index (χ0) is 12.4. The molecule has 0 radical (unpaired) electrons. The third-order valence-electron chi connectivity index (χ3n) is 2.53. The van der Waals surface area contributed by atoms with Gasteiger partial charge >= 0.3 is 11.9 Å². The maximum absolute atomic E-state index is 11.3. The molecule has 2 rings (SSSR count). The second-order valence-electron chi connectivity index (χ2n) is 3.64. The molecule has 0 amide bonds. The number of methoxy groups -OCH3 is 1. The number of fused-ring (bicyclic) bond motifs is 1. The number of hydrogen-bond acceptors (Lipinski definition) is 3. The quantitative estimate of drug-likeness (QED) is 0.789. The molecule has 0 aliphatic carbocycles. The van der Waals surface area contributed by atoms with Crippen molar-refractivity contribution < 1.29 is 19.4 Å². The Labute approximate surface area is 97.0 Å². The van der Waals surface area contributed by atoms with Gasteiger partial charge in [-0.2, -0.15) is 0 Å². The first kappa shape index (κ1) is 11.2. The lowest BCUT2D eigenvalue weighted by Gasteiger charge is -1.99. The number of H-pyrrole nitrogens is 1. The Balaban J connectivity index is 2.44. The molecular formula is C12H11NO4. The van der Waals surface area contributed by atoms with Crippen molar-refractivity contribution in [3.05, 3.63) is 35.5 Å². The fourth-order valence-electron chi connectivity index (χ4n) is 1.74. The van der Waals surface area contributed by atoms with E-state index < -0.39 is 11.9 Å². The van der Waals surface area contributed by atoms with Crippen LogP contribution in [0.5, 0.6) is 0 Å². The summed E-state index contributed by atoms with van der Waals surface area (Å²) in [6.45, 7) is 0. The highest BCUT2D eigenvalue weighted by Crippen LogP contribution is 2.20. The normalized spacial score (nSPS) is 10.4. The number of carboxylic acids is 1. The maximum atomic E-state index is 11.3. The highest BCUT2D eigenvalue weighted by atomic mass is 16.5. The fourth-order valence-corrected chi connectivity index (χ4v) is 1.74. The van der Waals surface area contributed by atoms with Crippen molar-refractivity contribution in [2.45, 2.75) is 6.42 Å². The zero-order valence-corrected chi connectivity index (χ0v) is 9.19. The second kappa shape index (κ2) is 4.29. The standard InChI is InChI=1S/C12H11NO4/c1-17-12(16)7-2-3-9-8(5-11(14)15)6-13-10(9)4-7/h2-4,6,13H,5H2,1H3,(H,14,15). The Morgan fingerprint density at radius 2 is 2.18 bits per heavy atom. The molecule has 0 aliphatic rings. The smallest absolute Gasteiger partial charge is 0.337 e. The fraction of sp³-hybridized carbons (Fsp3) is 0.167. The zero-order valence-electron chi connectivity index (χ0n) is 9.19. The molecule has 5 nitrogen and oxygen atoms in total. The number of hydrogen-bond donors (Lipinski definition) is 2. The Morgan fingerprint density at radius 1 is 1.41 bits per heavy atom. The van der Waals surface area contributed by atoms with Crippen molar-refractivity contribution in [1.82, 2.24) is 4.98 Å². The Kier molecular flexibility index (Phi) is 2.82. The summed E-state index contributed by atoms with van der Waals surface area (Å²) < 4.78 is 4.61. The average Bonchev–Trinajstić information content (AvgIpc) is 2.70. The minimum absolute atomic E-state index is 0.0441. The summed E-state index contributed by atoms with van der Waals surface area (Å²) in [5.74, 6) is -1.30. The third-order valence-corrected chi connectivity index (χ3v) is 2.53. The number of carbonyl (C=O) groups excluding carboxylic acids is 1. The first-order valence-corrected chi connectivity index (χ1v) is 5.02. The molecule has 0 fully saturated rings. The molecule has 0 atom stereocenters. The Bertz CT molecular complexity index is 585. The van der Waals surface area contributed by atoms with E-state index in [2.05, 4.69) is 9.72 Å². The molecule has 2 aromatic rings. The van der Waals surface area contributed by atoms with Crippen LogP contribution in [0.1, 0.15) is 15.9 Å². The molecule has 2 N–H and O–H groups in total.